The Labute approximate surface area is 73.8 Å². The highest BCUT2D eigenvalue weighted by Crippen LogP contribution is 2.17. The average molecular weight is 164 g/mol. The van der Waals surface area contributed by atoms with E-state index in [9.17, 15) is 0 Å². The Balaban J connectivity index is 1.93. The van der Waals surface area contributed by atoms with Crippen molar-refractivity contribution in [2.45, 2.75) is 51.4 Å². The first-order valence-corrected chi connectivity index (χ1v) is 5.06. The molecule has 2 heteroatoms. The fourth-order valence-corrected chi connectivity index (χ4v) is 1.91. The summed E-state index contributed by atoms with van der Waals surface area (Å²) in [4.78, 5) is 0. The molecule has 0 amide bonds. The van der Waals surface area contributed by atoms with E-state index < -0.39 is 0 Å². The summed E-state index contributed by atoms with van der Waals surface area (Å²) in [5.74, 6) is 0. The zero-order chi connectivity index (χ0) is 8.23. The quantitative estimate of drug-likeness (QED) is 0.532. The van der Waals surface area contributed by atoms with E-state index in [2.05, 4.69) is 10.2 Å². The molecule has 0 radical (unpaired) electrons. The lowest BCUT2D eigenvalue weighted by Gasteiger charge is -1.91. The zero-order valence-electron chi connectivity index (χ0n) is 7.55. The second-order valence-corrected chi connectivity index (χ2v) is 3.75. The fourth-order valence-electron chi connectivity index (χ4n) is 1.91. The van der Waals surface area contributed by atoms with Crippen LogP contribution in [0.2, 0.25) is 0 Å². The standard InChI is InChI=1S/C10H16N2/c1-2-6-9(5-1)11-12-10-7-3-4-8-10/h1-8H2. The second-order valence-electron chi connectivity index (χ2n) is 3.75. The number of rotatable bonds is 1. The van der Waals surface area contributed by atoms with E-state index in [1.807, 2.05) is 0 Å². The van der Waals surface area contributed by atoms with Crippen LogP contribution < -0.4 is 0 Å². The molecular weight excluding hydrogens is 148 g/mol. The molecule has 0 spiro atoms. The van der Waals surface area contributed by atoms with Crippen molar-refractivity contribution in [3.8, 4) is 0 Å². The molecule has 0 aromatic heterocycles. The van der Waals surface area contributed by atoms with E-state index in [4.69, 9.17) is 0 Å². The Kier molecular flexibility index (Phi) is 2.54. The van der Waals surface area contributed by atoms with Crippen LogP contribution in [-0.2, 0) is 0 Å². The van der Waals surface area contributed by atoms with E-state index in [-0.39, 0.29) is 0 Å². The molecule has 0 saturated heterocycles. The molecule has 2 saturated carbocycles. The molecule has 0 heterocycles. The SMILES string of the molecule is C1CCC(=NN=C2CCCC2)C1. The van der Waals surface area contributed by atoms with Crippen molar-refractivity contribution in [1.82, 2.24) is 0 Å². The molecule has 0 unspecified atom stereocenters. The van der Waals surface area contributed by atoms with Crippen molar-refractivity contribution in [3.05, 3.63) is 0 Å². The molecule has 2 aliphatic rings. The van der Waals surface area contributed by atoms with Gasteiger partial charge in [-0.2, -0.15) is 10.2 Å². The van der Waals surface area contributed by atoms with Crippen LogP contribution in [0.1, 0.15) is 51.4 Å². The largest absolute Gasteiger partial charge is 0.160 e. The normalized spacial score (nSPS) is 23.3. The summed E-state index contributed by atoms with van der Waals surface area (Å²) in [6.45, 7) is 0. The lowest BCUT2D eigenvalue weighted by atomic mass is 10.3. The van der Waals surface area contributed by atoms with Gasteiger partial charge < -0.3 is 0 Å². The molecule has 0 bridgehead atoms. The van der Waals surface area contributed by atoms with Gasteiger partial charge in [-0.25, -0.2) is 0 Å². The predicted molar refractivity (Wildman–Crippen MR) is 51.8 cm³/mol. The van der Waals surface area contributed by atoms with E-state index in [1.54, 1.807) is 0 Å². The minimum absolute atomic E-state index is 1.19. The van der Waals surface area contributed by atoms with Crippen LogP contribution in [-0.4, -0.2) is 11.4 Å². The monoisotopic (exact) mass is 164 g/mol. The molecule has 0 aliphatic heterocycles. The van der Waals surface area contributed by atoms with Crippen molar-refractivity contribution in [1.29, 1.82) is 0 Å². The number of nitrogens with zero attached hydrogens (tertiary/aromatic N) is 2. The third-order valence-corrected chi connectivity index (χ3v) is 2.69. The summed E-state index contributed by atoms with van der Waals surface area (Å²) in [5, 5.41) is 8.62. The summed E-state index contributed by atoms with van der Waals surface area (Å²) in [6.07, 6.45) is 10.1. The number of hydrogen-bond acceptors (Lipinski definition) is 2. The Bertz CT molecular complexity index is 176. The van der Waals surface area contributed by atoms with Gasteiger partial charge in [0.15, 0.2) is 0 Å². The predicted octanol–water partition coefficient (Wildman–Crippen LogP) is 2.93. The first-order valence-electron chi connectivity index (χ1n) is 5.06. The molecule has 2 nitrogen and oxygen atoms in total. The highest BCUT2D eigenvalue weighted by molar-refractivity contribution is 5.89. The first-order chi connectivity index (χ1) is 5.95. The minimum atomic E-state index is 1.19. The van der Waals surface area contributed by atoms with E-state index in [1.165, 1.54) is 62.8 Å². The highest BCUT2D eigenvalue weighted by atomic mass is 15.2. The van der Waals surface area contributed by atoms with Crippen LogP contribution >= 0.6 is 0 Å². The molecular formula is C10H16N2. The molecule has 0 atom stereocenters. The molecule has 12 heavy (non-hydrogen) atoms. The lowest BCUT2D eigenvalue weighted by molar-refractivity contribution is 0.886. The maximum absolute atomic E-state index is 4.31. The van der Waals surface area contributed by atoms with Gasteiger partial charge in [-0.05, 0) is 51.4 Å². The molecule has 0 N–H and O–H groups in total. The molecule has 66 valence electrons. The van der Waals surface area contributed by atoms with Gasteiger partial charge >= 0.3 is 0 Å². The summed E-state index contributed by atoms with van der Waals surface area (Å²) in [6, 6.07) is 0. The second kappa shape index (κ2) is 3.83. The topological polar surface area (TPSA) is 24.7 Å². The minimum Gasteiger partial charge on any atom is -0.160 e. The van der Waals surface area contributed by atoms with Crippen molar-refractivity contribution < 1.29 is 0 Å². The van der Waals surface area contributed by atoms with Gasteiger partial charge in [0.25, 0.3) is 0 Å². The van der Waals surface area contributed by atoms with Crippen LogP contribution in [0.25, 0.3) is 0 Å². The van der Waals surface area contributed by atoms with Gasteiger partial charge in [0.05, 0.1) is 0 Å². The maximum atomic E-state index is 4.31. The van der Waals surface area contributed by atoms with Crippen molar-refractivity contribution in [3.63, 3.8) is 0 Å². The van der Waals surface area contributed by atoms with Gasteiger partial charge in [-0.3, -0.25) is 0 Å². The van der Waals surface area contributed by atoms with Gasteiger partial charge in [0.2, 0.25) is 0 Å². The third kappa shape index (κ3) is 1.93. The molecule has 2 fully saturated rings. The third-order valence-electron chi connectivity index (χ3n) is 2.69. The fraction of sp³-hybridized carbons (Fsp3) is 0.800. The van der Waals surface area contributed by atoms with Gasteiger partial charge in [-0.1, -0.05) is 0 Å². The first kappa shape index (κ1) is 7.96. The molecule has 0 aromatic carbocycles. The summed E-state index contributed by atoms with van der Waals surface area (Å²) in [5.41, 5.74) is 2.66. The van der Waals surface area contributed by atoms with Crippen LogP contribution in [0.3, 0.4) is 0 Å². The van der Waals surface area contributed by atoms with Crippen molar-refractivity contribution in [2.75, 3.05) is 0 Å². The number of hydrogen-bond donors (Lipinski definition) is 0. The molecule has 2 rings (SSSR count). The van der Waals surface area contributed by atoms with Gasteiger partial charge in [-0.15, -0.1) is 0 Å². The van der Waals surface area contributed by atoms with Crippen LogP contribution in [0.4, 0.5) is 0 Å². The van der Waals surface area contributed by atoms with Crippen molar-refractivity contribution in [2.24, 2.45) is 10.2 Å². The summed E-state index contributed by atoms with van der Waals surface area (Å²) in [7, 11) is 0. The Morgan fingerprint density at radius 3 is 1.25 bits per heavy atom. The van der Waals surface area contributed by atoms with E-state index in [0.29, 0.717) is 0 Å². The smallest absolute Gasteiger partial charge is 0.0405 e. The average Bonchev–Trinajstić information content (AvgIpc) is 2.74. The lowest BCUT2D eigenvalue weighted by Crippen LogP contribution is -1.90. The van der Waals surface area contributed by atoms with Gasteiger partial charge in [0, 0.05) is 11.4 Å². The maximum Gasteiger partial charge on any atom is 0.0405 e. The van der Waals surface area contributed by atoms with E-state index >= 15 is 0 Å². The zero-order valence-corrected chi connectivity index (χ0v) is 7.55. The Morgan fingerprint density at radius 2 is 0.917 bits per heavy atom. The van der Waals surface area contributed by atoms with E-state index in [0.717, 1.165) is 0 Å². The Morgan fingerprint density at radius 1 is 0.583 bits per heavy atom. The highest BCUT2D eigenvalue weighted by Gasteiger charge is 2.09. The van der Waals surface area contributed by atoms with Gasteiger partial charge in [0.1, 0.15) is 0 Å². The molecule has 0 aromatic rings. The molecule has 2 aliphatic carbocycles. The van der Waals surface area contributed by atoms with Crippen LogP contribution in [0.5, 0.6) is 0 Å². The summed E-state index contributed by atoms with van der Waals surface area (Å²) < 4.78 is 0. The summed E-state index contributed by atoms with van der Waals surface area (Å²) >= 11 is 0. The van der Waals surface area contributed by atoms with Crippen molar-refractivity contribution >= 4 is 11.4 Å². The van der Waals surface area contributed by atoms with Crippen LogP contribution in [0, 0.1) is 0 Å². The Hall–Kier alpha value is -0.660. The van der Waals surface area contributed by atoms with Crippen LogP contribution in [0.15, 0.2) is 10.2 Å².